The van der Waals surface area contributed by atoms with Crippen LogP contribution in [0.3, 0.4) is 0 Å². The number of aliphatic hydroxyl groups is 1. The van der Waals surface area contributed by atoms with Gasteiger partial charge in [0.05, 0.1) is 18.3 Å². The normalized spacial score (nSPS) is 19.5. The third kappa shape index (κ3) is 14.8. The number of rotatable bonds is 23. The second-order valence-corrected chi connectivity index (χ2v) is 13.1. The van der Waals surface area contributed by atoms with Crippen molar-refractivity contribution in [1.29, 1.82) is 0 Å². The van der Waals surface area contributed by atoms with Gasteiger partial charge in [-0.25, -0.2) is 4.79 Å². The summed E-state index contributed by atoms with van der Waals surface area (Å²) in [5.74, 6) is -0.644. The highest BCUT2D eigenvalue weighted by Crippen LogP contribution is 2.29. The Kier molecular flexibility index (Phi) is 18.1. The van der Waals surface area contributed by atoms with Crippen LogP contribution in [0.25, 0.3) is 12.2 Å². The summed E-state index contributed by atoms with van der Waals surface area (Å²) in [7, 11) is 0. The molecule has 0 bridgehead atoms. The molecule has 0 saturated heterocycles. The Hall–Kier alpha value is -3.39. The van der Waals surface area contributed by atoms with Crippen LogP contribution in [0.2, 0.25) is 0 Å². The molecule has 3 rings (SSSR count). The van der Waals surface area contributed by atoms with Crippen molar-refractivity contribution in [1.82, 2.24) is 0 Å². The molecule has 5 unspecified atom stereocenters. The summed E-state index contributed by atoms with van der Waals surface area (Å²) < 4.78 is 13.0. The van der Waals surface area contributed by atoms with Crippen LogP contribution in [0.15, 0.2) is 72.3 Å². The minimum Gasteiger partial charge on any atom is -0.508 e. The van der Waals surface area contributed by atoms with Crippen molar-refractivity contribution < 1.29 is 34.7 Å². The van der Waals surface area contributed by atoms with Crippen LogP contribution in [0, 0.1) is 0 Å². The highest BCUT2D eigenvalue weighted by Gasteiger charge is 2.37. The summed E-state index contributed by atoms with van der Waals surface area (Å²) in [5.41, 5.74) is 2.00. The van der Waals surface area contributed by atoms with Gasteiger partial charge in [-0.1, -0.05) is 139 Å². The maximum atomic E-state index is 12.3. The van der Waals surface area contributed by atoms with Crippen LogP contribution < -0.4 is 0 Å². The topological polar surface area (TPSA) is 116 Å². The predicted molar refractivity (Wildman–Crippen MR) is 194 cm³/mol. The summed E-state index contributed by atoms with van der Waals surface area (Å²) in [6.45, 7) is 4.40. The Labute approximate surface area is 288 Å². The Morgan fingerprint density at radius 2 is 1.15 bits per heavy atom. The molecule has 48 heavy (non-hydrogen) atoms. The quantitative estimate of drug-likeness (QED) is 0.0876. The van der Waals surface area contributed by atoms with Crippen molar-refractivity contribution in [2.75, 3.05) is 0 Å². The van der Waals surface area contributed by atoms with E-state index in [-0.39, 0.29) is 35.7 Å². The van der Waals surface area contributed by atoms with Crippen molar-refractivity contribution >= 4 is 18.1 Å². The number of aromatic hydroxyl groups is 2. The Morgan fingerprint density at radius 3 is 1.60 bits per heavy atom. The summed E-state index contributed by atoms with van der Waals surface area (Å²) in [6.07, 6.45) is 21.3. The maximum Gasteiger partial charge on any atom is 0.331 e. The predicted octanol–water partition coefficient (Wildman–Crippen LogP) is 9.61. The molecule has 0 aliphatic heterocycles. The second-order valence-electron chi connectivity index (χ2n) is 13.1. The molecule has 0 amide bonds. The van der Waals surface area contributed by atoms with E-state index in [2.05, 4.69) is 13.8 Å². The van der Waals surface area contributed by atoms with Crippen molar-refractivity contribution in [3.63, 3.8) is 0 Å². The number of benzene rings is 2. The Balaban J connectivity index is 1.76. The highest BCUT2D eigenvalue weighted by molar-refractivity contribution is 5.87. The van der Waals surface area contributed by atoms with Crippen LogP contribution in [-0.4, -0.2) is 56.9 Å². The van der Waals surface area contributed by atoms with Crippen LogP contribution in [0.1, 0.15) is 121 Å². The standard InChI is InChI=1S/C41H58O7/c1-3-5-7-9-11-13-15-36(27-21-31-17-23-34(42)24-18-31)47-38-29-33(41(45)46)30-39(40(38)44)48-37(16-14-12-10-8-6-4-2)28-22-32-19-25-35(43)26-20-32/h17-29,36-40,42-44H,3-16,30H2,1-2H3,(H,45,46)/b27-21+,28-22+. The number of hydrogen-bond donors (Lipinski definition) is 4. The SMILES string of the molecule is CCCCCCCCC(/C=C/c1ccc(O)cc1)OC1C=C(C(=O)O)CC(OC(/C=C/c2ccc(O)cc2)CCCCCCCC)C1O. The fourth-order valence-corrected chi connectivity index (χ4v) is 6.03. The molecule has 0 radical (unpaired) electrons. The minimum atomic E-state index is -1.05. The zero-order valence-corrected chi connectivity index (χ0v) is 29.0. The van der Waals surface area contributed by atoms with E-state index in [0.717, 1.165) is 62.5 Å². The zero-order valence-electron chi connectivity index (χ0n) is 29.0. The number of carbonyl (C=O) groups is 1. The fourth-order valence-electron chi connectivity index (χ4n) is 6.03. The third-order valence-corrected chi connectivity index (χ3v) is 8.94. The summed E-state index contributed by atoms with van der Waals surface area (Å²) >= 11 is 0. The molecule has 7 nitrogen and oxygen atoms in total. The molecule has 1 aliphatic carbocycles. The molecule has 2 aromatic rings. The summed E-state index contributed by atoms with van der Waals surface area (Å²) in [5, 5.41) is 41.0. The Morgan fingerprint density at radius 1 is 0.708 bits per heavy atom. The van der Waals surface area contributed by atoms with E-state index in [4.69, 9.17) is 9.47 Å². The van der Waals surface area contributed by atoms with E-state index in [1.165, 1.54) is 38.5 Å². The van der Waals surface area contributed by atoms with E-state index in [0.29, 0.717) is 0 Å². The largest absolute Gasteiger partial charge is 0.508 e. The van der Waals surface area contributed by atoms with E-state index in [9.17, 15) is 25.2 Å². The molecular formula is C41H58O7. The maximum absolute atomic E-state index is 12.3. The first-order valence-corrected chi connectivity index (χ1v) is 18.2. The molecule has 7 heteroatoms. The van der Waals surface area contributed by atoms with Gasteiger partial charge in [-0.2, -0.15) is 0 Å². The van der Waals surface area contributed by atoms with Gasteiger partial charge in [-0.15, -0.1) is 0 Å². The van der Waals surface area contributed by atoms with Crippen molar-refractivity contribution in [2.24, 2.45) is 0 Å². The molecular weight excluding hydrogens is 604 g/mol. The number of ether oxygens (including phenoxy) is 2. The molecule has 0 fully saturated rings. The number of phenolic OH excluding ortho intramolecular Hbond substituents is 2. The lowest BCUT2D eigenvalue weighted by Gasteiger charge is -2.36. The van der Waals surface area contributed by atoms with Gasteiger partial charge < -0.3 is 29.9 Å². The monoisotopic (exact) mass is 662 g/mol. The molecule has 1 aliphatic rings. The van der Waals surface area contributed by atoms with Gasteiger partial charge in [0, 0.05) is 12.0 Å². The first kappa shape index (κ1) is 39.1. The van der Waals surface area contributed by atoms with Gasteiger partial charge >= 0.3 is 5.97 Å². The van der Waals surface area contributed by atoms with E-state index >= 15 is 0 Å². The molecule has 2 aromatic carbocycles. The minimum absolute atomic E-state index is 0.0852. The molecule has 0 spiro atoms. The van der Waals surface area contributed by atoms with Crippen LogP contribution >= 0.6 is 0 Å². The molecule has 4 N–H and O–H groups in total. The number of carboxylic acid groups (broad SMARTS) is 1. The number of unbranched alkanes of at least 4 members (excludes halogenated alkanes) is 10. The van der Waals surface area contributed by atoms with E-state index in [1.807, 2.05) is 48.6 Å². The van der Waals surface area contributed by atoms with E-state index < -0.39 is 24.3 Å². The van der Waals surface area contributed by atoms with Gasteiger partial charge in [0.25, 0.3) is 0 Å². The first-order valence-electron chi connectivity index (χ1n) is 18.2. The van der Waals surface area contributed by atoms with E-state index in [1.54, 1.807) is 30.3 Å². The lowest BCUT2D eigenvalue weighted by Crippen LogP contribution is -2.46. The van der Waals surface area contributed by atoms with Gasteiger partial charge in [-0.3, -0.25) is 0 Å². The Bertz CT molecular complexity index is 1260. The molecule has 0 aromatic heterocycles. The zero-order chi connectivity index (χ0) is 34.6. The highest BCUT2D eigenvalue weighted by atomic mass is 16.5. The number of phenols is 2. The third-order valence-electron chi connectivity index (χ3n) is 8.94. The average Bonchev–Trinajstić information content (AvgIpc) is 3.08. The van der Waals surface area contributed by atoms with Crippen LogP contribution in [0.5, 0.6) is 11.5 Å². The number of aliphatic hydroxyl groups excluding tert-OH is 1. The molecule has 5 atom stereocenters. The smallest absolute Gasteiger partial charge is 0.331 e. The number of hydrogen-bond acceptors (Lipinski definition) is 6. The van der Waals surface area contributed by atoms with Crippen molar-refractivity contribution in [3.8, 4) is 11.5 Å². The van der Waals surface area contributed by atoms with Crippen LogP contribution in [0.4, 0.5) is 0 Å². The summed E-state index contributed by atoms with van der Waals surface area (Å²) in [4.78, 5) is 12.3. The van der Waals surface area contributed by atoms with Crippen molar-refractivity contribution in [3.05, 3.63) is 83.5 Å². The van der Waals surface area contributed by atoms with Gasteiger partial charge in [0.1, 0.15) is 23.7 Å². The molecule has 0 heterocycles. The first-order chi connectivity index (χ1) is 23.3. The van der Waals surface area contributed by atoms with Gasteiger partial charge in [0.15, 0.2) is 0 Å². The summed E-state index contributed by atoms with van der Waals surface area (Å²) in [6, 6.07) is 13.8. The second kappa shape index (κ2) is 22.3. The fraction of sp³-hybridized carbons (Fsp3) is 0.537. The molecule has 264 valence electrons. The molecule has 0 saturated carbocycles. The van der Waals surface area contributed by atoms with Gasteiger partial charge in [0.2, 0.25) is 0 Å². The lowest BCUT2D eigenvalue weighted by atomic mass is 9.91. The lowest BCUT2D eigenvalue weighted by molar-refractivity contribution is -0.140. The van der Waals surface area contributed by atoms with Crippen molar-refractivity contribution in [2.45, 2.75) is 141 Å². The van der Waals surface area contributed by atoms with Crippen LogP contribution in [-0.2, 0) is 14.3 Å². The average molecular weight is 663 g/mol. The number of aliphatic carboxylic acids is 1. The number of carboxylic acids is 1. The van der Waals surface area contributed by atoms with Gasteiger partial charge in [-0.05, 0) is 54.3 Å².